The molecular weight excluding hydrogens is 243 g/mol. The molecule has 0 aliphatic heterocycles. The zero-order chi connectivity index (χ0) is 10.1. The zero-order valence-electron chi connectivity index (χ0n) is 6.79. The molecule has 0 unspecified atom stereocenters. The van der Waals surface area contributed by atoms with E-state index >= 15 is 0 Å². The second kappa shape index (κ2) is 3.77. The van der Waals surface area contributed by atoms with Crippen LogP contribution in [0.5, 0.6) is 0 Å². The van der Waals surface area contributed by atoms with Crippen molar-refractivity contribution in [3.05, 3.63) is 44.5 Å². The highest BCUT2D eigenvalue weighted by atomic mass is 35.5. The summed E-state index contributed by atoms with van der Waals surface area (Å²) in [5.74, 6) is -0.174. The van der Waals surface area contributed by atoms with E-state index in [2.05, 4.69) is 0 Å². The fourth-order valence-electron chi connectivity index (χ4n) is 1.04. The first-order chi connectivity index (χ1) is 6.68. The molecule has 2 rings (SSSR count). The molecule has 0 bridgehead atoms. The van der Waals surface area contributed by atoms with Gasteiger partial charge in [0, 0.05) is 0 Å². The van der Waals surface area contributed by atoms with Gasteiger partial charge in [0.05, 0.1) is 21.7 Å². The van der Waals surface area contributed by atoms with Crippen LogP contribution in [0.25, 0.3) is 0 Å². The molecule has 0 radical (unpaired) electrons. The van der Waals surface area contributed by atoms with Gasteiger partial charge in [0.15, 0.2) is 5.78 Å². The predicted octanol–water partition coefficient (Wildman–Crippen LogP) is 3.88. The van der Waals surface area contributed by atoms with Crippen LogP contribution in [-0.4, -0.2) is 5.78 Å². The van der Waals surface area contributed by atoms with E-state index in [0.717, 1.165) is 0 Å². The van der Waals surface area contributed by atoms with Crippen LogP contribution in [0.4, 0.5) is 0 Å². The van der Waals surface area contributed by atoms with Crippen molar-refractivity contribution in [1.82, 2.24) is 0 Å². The van der Waals surface area contributed by atoms with Crippen LogP contribution in [0.15, 0.2) is 29.1 Å². The van der Waals surface area contributed by atoms with E-state index in [1.807, 2.05) is 0 Å². The maximum absolute atomic E-state index is 11.7. The van der Waals surface area contributed by atoms with Gasteiger partial charge in [-0.3, -0.25) is 4.79 Å². The average molecular weight is 247 g/mol. The molecule has 2 heterocycles. The Bertz CT molecular complexity index is 459. The second-order valence-corrected chi connectivity index (χ2v) is 4.86. The van der Waals surface area contributed by atoms with Crippen LogP contribution in [-0.2, 0) is 0 Å². The second-order valence-electron chi connectivity index (χ2n) is 2.58. The molecule has 0 aliphatic rings. The maximum atomic E-state index is 11.7. The number of carbonyl (C=O) groups excluding carboxylic acids is 1. The molecule has 0 saturated carbocycles. The molecule has 2 aromatic heterocycles. The Balaban J connectivity index is 2.41. The number of halogens is 2. The highest BCUT2D eigenvalue weighted by Crippen LogP contribution is 2.32. The molecule has 0 aliphatic carbocycles. The Morgan fingerprint density at radius 3 is 2.71 bits per heavy atom. The molecule has 0 spiro atoms. The minimum absolute atomic E-state index is 0.174. The largest absolute Gasteiger partial charge is 0.472 e. The van der Waals surface area contributed by atoms with E-state index in [1.165, 1.54) is 23.9 Å². The Kier molecular flexibility index (Phi) is 2.63. The van der Waals surface area contributed by atoms with Gasteiger partial charge in [-0.2, -0.15) is 0 Å². The van der Waals surface area contributed by atoms with Gasteiger partial charge in [-0.25, -0.2) is 0 Å². The van der Waals surface area contributed by atoms with Gasteiger partial charge in [-0.15, -0.1) is 11.3 Å². The molecule has 0 aromatic carbocycles. The van der Waals surface area contributed by atoms with Crippen LogP contribution in [0.3, 0.4) is 0 Å². The molecule has 0 atom stereocenters. The van der Waals surface area contributed by atoms with Crippen LogP contribution < -0.4 is 0 Å². The van der Waals surface area contributed by atoms with Gasteiger partial charge in [0.2, 0.25) is 0 Å². The summed E-state index contributed by atoms with van der Waals surface area (Å²) in [6.45, 7) is 0. The highest BCUT2D eigenvalue weighted by Gasteiger charge is 2.16. The summed E-state index contributed by atoms with van der Waals surface area (Å²) in [6, 6.07) is 3.15. The van der Waals surface area contributed by atoms with Gasteiger partial charge >= 0.3 is 0 Å². The smallest absolute Gasteiger partial charge is 0.198 e. The zero-order valence-corrected chi connectivity index (χ0v) is 9.12. The van der Waals surface area contributed by atoms with Crippen LogP contribution in [0.2, 0.25) is 8.67 Å². The van der Waals surface area contributed by atoms with Gasteiger partial charge in [-0.1, -0.05) is 23.2 Å². The van der Waals surface area contributed by atoms with E-state index in [9.17, 15) is 4.79 Å². The minimum atomic E-state index is -0.174. The third kappa shape index (κ3) is 1.71. The molecule has 5 heteroatoms. The summed E-state index contributed by atoms with van der Waals surface area (Å²) < 4.78 is 5.72. The van der Waals surface area contributed by atoms with Crippen molar-refractivity contribution in [2.24, 2.45) is 0 Å². The van der Waals surface area contributed by atoms with Crippen LogP contribution in [0.1, 0.15) is 15.9 Å². The van der Waals surface area contributed by atoms with Crippen molar-refractivity contribution >= 4 is 40.3 Å². The summed E-state index contributed by atoms with van der Waals surface area (Å²) >= 11 is 12.7. The Morgan fingerprint density at radius 2 is 2.21 bits per heavy atom. The molecule has 0 saturated heterocycles. The predicted molar refractivity (Wildman–Crippen MR) is 56.5 cm³/mol. The number of thiophene rings is 1. The first-order valence-corrected chi connectivity index (χ1v) is 5.27. The third-order valence-corrected chi connectivity index (χ3v) is 3.17. The fourth-order valence-corrected chi connectivity index (χ4v) is 2.50. The van der Waals surface area contributed by atoms with E-state index in [4.69, 9.17) is 27.6 Å². The average Bonchev–Trinajstić information content (AvgIpc) is 2.73. The monoisotopic (exact) mass is 246 g/mol. The standard InChI is InChI=1S/C9H4Cl2O2S/c10-7-3-6(9(11)14-7)8(12)5-1-2-13-4-5/h1-4H. The number of rotatable bonds is 2. The van der Waals surface area contributed by atoms with Crippen molar-refractivity contribution in [3.63, 3.8) is 0 Å². The molecule has 14 heavy (non-hydrogen) atoms. The number of ketones is 1. The molecule has 0 N–H and O–H groups in total. The minimum Gasteiger partial charge on any atom is -0.472 e. The SMILES string of the molecule is O=C(c1ccoc1)c1cc(Cl)sc1Cl. The van der Waals surface area contributed by atoms with E-state index < -0.39 is 0 Å². The lowest BCUT2D eigenvalue weighted by atomic mass is 10.1. The lowest BCUT2D eigenvalue weighted by molar-refractivity contribution is 0.103. The Labute approximate surface area is 94.1 Å². The molecular formula is C9H4Cl2O2S. The summed E-state index contributed by atoms with van der Waals surface area (Å²) in [7, 11) is 0. The first-order valence-electron chi connectivity index (χ1n) is 3.70. The molecule has 2 aromatic rings. The van der Waals surface area contributed by atoms with Crippen LogP contribution in [0, 0.1) is 0 Å². The van der Waals surface area contributed by atoms with Gasteiger partial charge in [0.1, 0.15) is 10.6 Å². The number of hydrogen-bond donors (Lipinski definition) is 0. The number of furan rings is 1. The highest BCUT2D eigenvalue weighted by molar-refractivity contribution is 7.20. The van der Waals surface area contributed by atoms with Crippen LogP contribution >= 0.6 is 34.5 Å². The summed E-state index contributed by atoms with van der Waals surface area (Å²) in [5.41, 5.74) is 0.893. The quantitative estimate of drug-likeness (QED) is 0.754. The lowest BCUT2D eigenvalue weighted by Crippen LogP contribution is -1.97. The third-order valence-electron chi connectivity index (χ3n) is 1.68. The van der Waals surface area contributed by atoms with Gasteiger partial charge in [0.25, 0.3) is 0 Å². The normalized spacial score (nSPS) is 10.4. The van der Waals surface area contributed by atoms with Crippen molar-refractivity contribution in [2.75, 3.05) is 0 Å². The Morgan fingerprint density at radius 1 is 1.43 bits per heavy atom. The fraction of sp³-hybridized carbons (Fsp3) is 0. The van der Waals surface area contributed by atoms with Crippen molar-refractivity contribution in [3.8, 4) is 0 Å². The summed E-state index contributed by atoms with van der Waals surface area (Å²) in [6.07, 6.45) is 2.82. The Hall–Kier alpha value is -0.770. The van der Waals surface area contributed by atoms with Crippen molar-refractivity contribution < 1.29 is 9.21 Å². The van der Waals surface area contributed by atoms with Gasteiger partial charge in [-0.05, 0) is 12.1 Å². The number of hydrogen-bond acceptors (Lipinski definition) is 3. The van der Waals surface area contributed by atoms with Crippen molar-refractivity contribution in [2.45, 2.75) is 0 Å². The lowest BCUT2D eigenvalue weighted by Gasteiger charge is -1.92. The van der Waals surface area contributed by atoms with E-state index in [-0.39, 0.29) is 5.78 Å². The number of carbonyl (C=O) groups is 1. The summed E-state index contributed by atoms with van der Waals surface area (Å²) in [5, 5.41) is 0. The maximum Gasteiger partial charge on any atom is 0.198 e. The van der Waals surface area contributed by atoms with Crippen molar-refractivity contribution in [1.29, 1.82) is 0 Å². The molecule has 0 fully saturated rings. The topological polar surface area (TPSA) is 30.2 Å². The van der Waals surface area contributed by atoms with E-state index in [1.54, 1.807) is 12.1 Å². The van der Waals surface area contributed by atoms with E-state index in [0.29, 0.717) is 19.8 Å². The molecule has 0 amide bonds. The molecule has 72 valence electrons. The van der Waals surface area contributed by atoms with Gasteiger partial charge < -0.3 is 4.42 Å². The molecule has 2 nitrogen and oxygen atoms in total. The summed E-state index contributed by atoms with van der Waals surface area (Å²) in [4.78, 5) is 11.7. The first kappa shape index (κ1) is 9.77.